The summed E-state index contributed by atoms with van der Waals surface area (Å²) >= 11 is 0. The lowest BCUT2D eigenvalue weighted by molar-refractivity contribution is 1.22. The maximum Gasteiger partial charge on any atom is 0.139 e. The van der Waals surface area contributed by atoms with Crippen LogP contribution in [0.5, 0.6) is 0 Å². The van der Waals surface area contributed by atoms with Crippen LogP contribution in [0.1, 0.15) is 83.5 Å². The summed E-state index contributed by atoms with van der Waals surface area (Å²) in [5, 5.41) is 12.1. The number of fused-ring (bicyclic) bond motifs is 4. The van der Waals surface area contributed by atoms with Crippen molar-refractivity contribution in [3.8, 4) is 22.3 Å². The summed E-state index contributed by atoms with van der Waals surface area (Å²) in [6, 6.07) is 0. The zero-order valence-electron chi connectivity index (χ0n) is 59.2. The summed E-state index contributed by atoms with van der Waals surface area (Å²) in [5.74, 6) is 0. The molecule has 0 heterocycles. The molecule has 0 saturated heterocycles. The van der Waals surface area contributed by atoms with Crippen molar-refractivity contribution in [1.29, 1.82) is 0 Å². The van der Waals surface area contributed by atoms with E-state index in [1.807, 2.05) is 0 Å². The third-order valence-corrected chi connectivity index (χ3v) is 23.6. The van der Waals surface area contributed by atoms with E-state index < -0.39 is 0 Å². The van der Waals surface area contributed by atoms with Gasteiger partial charge < -0.3 is 0 Å². The van der Waals surface area contributed by atoms with Crippen LogP contribution in [0, 0.1) is 104 Å². The smallest absolute Gasteiger partial charge is 0.113 e. The second-order valence-corrected chi connectivity index (χ2v) is 29.2. The molecule has 0 spiro atoms. The Morgan fingerprint density at radius 2 is 0.659 bits per heavy atom. The SMILES string of the molecule is BBB(B)B(B(B)B)c1c(B(B(B)B)B(B)B)c(B(BB)B(B)B)c(B(B)B(B)B)c2c(B(B)BB)c(-c3c4c(C)c(C)c(C)c(C)c4c(C)c4c(-c5c(C)c(C)c(C)c6c(C)c(C)c(C)c(C)c56)c(C)c(C)c(C)c34)c(BB)c(B)c12. The molecule has 82 heavy (non-hydrogen) atoms. The van der Waals surface area contributed by atoms with E-state index in [4.69, 9.17) is 0 Å². The van der Waals surface area contributed by atoms with Crippen LogP contribution in [0.25, 0.3) is 65.3 Å². The molecular weight excluding hydrogens is 945 g/mol. The summed E-state index contributed by atoms with van der Waals surface area (Å²) in [4.78, 5) is 0. The van der Waals surface area contributed by atoms with Gasteiger partial charge >= 0.3 is 0 Å². The molecule has 0 N–H and O–H groups in total. The van der Waals surface area contributed by atoms with Crippen molar-refractivity contribution >= 4 is 320 Å². The number of aryl methyl sites for hydroxylation is 7. The van der Waals surface area contributed by atoms with Crippen molar-refractivity contribution < 1.29 is 0 Å². The molecule has 7 aromatic rings. The monoisotopic (exact) mass is 1040 g/mol. The van der Waals surface area contributed by atoms with Crippen LogP contribution < -0.4 is 38.2 Å². The van der Waals surface area contributed by atoms with E-state index in [0.29, 0.717) is 70.8 Å². The van der Waals surface area contributed by atoms with Gasteiger partial charge in [0.25, 0.3) is 0 Å². The van der Waals surface area contributed by atoms with Gasteiger partial charge in [0.1, 0.15) is 15.0 Å². The van der Waals surface area contributed by atoms with Crippen LogP contribution in [-0.4, -0.2) is 239 Å². The zero-order chi connectivity index (χ0) is 61.8. The average molecular weight is 1030 g/mol. The van der Waals surface area contributed by atoms with Gasteiger partial charge in [-0.05, 0) is 253 Å². The minimum Gasteiger partial charge on any atom is -0.113 e. The van der Waals surface area contributed by atoms with Crippen LogP contribution in [0.4, 0.5) is 0 Å². The molecule has 0 aliphatic rings. The molecule has 0 aliphatic carbocycles. The molecule has 33 heteroatoms. The maximum absolute atomic E-state index is 2.65. The van der Waals surface area contributed by atoms with E-state index in [2.05, 4.69) is 243 Å². The third kappa shape index (κ3) is 10.4. The molecule has 0 fully saturated rings. The van der Waals surface area contributed by atoms with Crippen LogP contribution in [0.3, 0.4) is 0 Å². The number of hydrogen-bond acceptors (Lipinski definition) is 0. The molecule has 0 amide bonds. The normalized spacial score (nSPS) is 11.3. The molecule has 0 radical (unpaired) electrons. The molecule has 0 nitrogen and oxygen atoms in total. The highest BCUT2D eigenvalue weighted by atomic mass is 14.3. The van der Waals surface area contributed by atoms with Crippen LogP contribution >= 0.6 is 0 Å². The molecule has 0 unspecified atom stereocenters. The number of benzene rings is 7. The first-order chi connectivity index (χ1) is 38.2. The van der Waals surface area contributed by atoms with Gasteiger partial charge in [0.2, 0.25) is 0 Å². The minimum atomic E-state index is 0.299. The molecule has 0 atom stereocenters. The molecule has 380 valence electrons. The lowest BCUT2D eigenvalue weighted by Gasteiger charge is -2.42. The number of hydrogen-bond donors (Lipinski definition) is 0. The van der Waals surface area contributed by atoms with Gasteiger partial charge in [-0.3, -0.25) is 0 Å². The predicted octanol–water partition coefficient (Wildman–Crippen LogP) is -14.8. The molecular formula is C49H85B33. The summed E-state index contributed by atoms with van der Waals surface area (Å²) < 4.78 is 0. The highest BCUT2D eigenvalue weighted by molar-refractivity contribution is 7.89. The Hall–Kier alpha value is -2.28. The van der Waals surface area contributed by atoms with Crippen LogP contribution in [0.2, 0.25) is 0 Å². The second-order valence-electron chi connectivity index (χ2n) is 29.2. The van der Waals surface area contributed by atoms with E-state index >= 15 is 0 Å². The fourth-order valence-corrected chi connectivity index (χ4v) is 17.4. The van der Waals surface area contributed by atoms with Crippen LogP contribution in [0.15, 0.2) is 0 Å². The summed E-state index contributed by atoms with van der Waals surface area (Å²) in [5.41, 5.74) is 39.2. The first-order valence-corrected chi connectivity index (χ1v) is 33.4. The largest absolute Gasteiger partial charge is 0.139 e. The predicted molar refractivity (Wildman–Crippen MR) is 462 cm³/mol. The van der Waals surface area contributed by atoms with Gasteiger partial charge in [-0.25, -0.2) is 0 Å². The van der Waals surface area contributed by atoms with E-state index in [-0.39, 0.29) is 0 Å². The fourth-order valence-electron chi connectivity index (χ4n) is 17.4. The first-order valence-electron chi connectivity index (χ1n) is 33.4. The third-order valence-electron chi connectivity index (χ3n) is 23.6. The highest BCUT2D eigenvalue weighted by Crippen LogP contribution is 2.52. The molecule has 0 aliphatic heterocycles. The number of rotatable bonds is 17. The highest BCUT2D eigenvalue weighted by Gasteiger charge is 2.44. The molecule has 0 aromatic heterocycles. The fraction of sp³-hybridized carbons (Fsp3) is 0.306. The van der Waals surface area contributed by atoms with Crippen molar-refractivity contribution in [3.05, 3.63) is 83.5 Å². The Bertz CT molecular complexity index is 3720. The van der Waals surface area contributed by atoms with Gasteiger partial charge in [-0.2, -0.15) is 0 Å². The first kappa shape index (κ1) is 67.2. The Morgan fingerprint density at radius 1 is 0.280 bits per heavy atom. The van der Waals surface area contributed by atoms with Gasteiger partial charge in [0.15, 0.2) is 0 Å². The van der Waals surface area contributed by atoms with E-state index in [0.717, 1.165) is 21.3 Å². The van der Waals surface area contributed by atoms with Crippen molar-refractivity contribution in [1.82, 2.24) is 0 Å². The van der Waals surface area contributed by atoms with Gasteiger partial charge in [-0.15, -0.1) is 10.9 Å². The molecule has 0 saturated carbocycles. The van der Waals surface area contributed by atoms with Gasteiger partial charge in [0.05, 0.1) is 178 Å². The van der Waals surface area contributed by atoms with Gasteiger partial charge in [-0.1, -0.05) is 27.3 Å². The summed E-state index contributed by atoms with van der Waals surface area (Å²) in [6.45, 7) is 38.6. The molecule has 0 bridgehead atoms. The van der Waals surface area contributed by atoms with Crippen molar-refractivity contribution in [2.24, 2.45) is 0 Å². The standard InChI is InChI=1S/C49H85B33/c1-16-18(3)25(10)33-31(22(16)7)24(9)20(5)27(12)35(33)36-28(13)21(6)29(14)37-38(36)30(15)32-23(8)17(2)19(4)26(11)34(32)39(37)41-44(68-51)43(50)40-42(45(41)72(55)69-52)46(73(56)77(57)58)48(74(70-53)78(59)60)49(75(79(61)62)80(63)64)47(40)76(81(65)66)82(67)71-54/h68-71H,50-67H2,1-15H3. The molecule has 7 rings (SSSR count). The van der Waals surface area contributed by atoms with E-state index in [1.54, 1.807) is 54.6 Å². The van der Waals surface area contributed by atoms with E-state index in [1.165, 1.54) is 140 Å². The maximum atomic E-state index is 2.65. The quantitative estimate of drug-likeness (QED) is 0.0630. The zero-order valence-corrected chi connectivity index (χ0v) is 59.2. The Balaban J connectivity index is 2.07. The Labute approximate surface area is 525 Å². The van der Waals surface area contributed by atoms with E-state index in [9.17, 15) is 0 Å². The topological polar surface area (TPSA) is 0 Å². The van der Waals surface area contributed by atoms with Crippen molar-refractivity contribution in [2.75, 3.05) is 0 Å². The summed E-state index contributed by atoms with van der Waals surface area (Å²) in [7, 11) is 50.5. The van der Waals surface area contributed by atoms with Gasteiger partial charge in [0, 0.05) is 45.4 Å². The minimum absolute atomic E-state index is 0.299. The summed E-state index contributed by atoms with van der Waals surface area (Å²) in [6.07, 6.45) is 2.95. The Morgan fingerprint density at radius 3 is 1.02 bits per heavy atom. The average Bonchev–Trinajstić information content (AvgIpc) is 2.18. The van der Waals surface area contributed by atoms with Crippen molar-refractivity contribution in [2.45, 2.75) is 104 Å². The molecule has 7 aromatic carbocycles. The van der Waals surface area contributed by atoms with Crippen LogP contribution in [-0.2, 0) is 0 Å². The Kier molecular flexibility index (Phi) is 20.9. The second kappa shape index (κ2) is 25.4. The lowest BCUT2D eigenvalue weighted by atomic mass is 8.66. The lowest BCUT2D eigenvalue weighted by Crippen LogP contribution is -2.80. The van der Waals surface area contributed by atoms with Crippen molar-refractivity contribution in [3.63, 3.8) is 0 Å².